The SMILES string of the molecule is CC/C=C\C/C=C\C/C=C\C/C=C\C/C=C\C/C=C\CCCCCCCCCCCCCCCCC(=O)NC(COC1OC(CO)C(O)C(O)C1O)C(O)/C=C/CCCCCCCCCCCCCCCCCC. The second-order valence-corrected chi connectivity index (χ2v) is 21.1. The van der Waals surface area contributed by atoms with Crippen molar-refractivity contribution in [3.63, 3.8) is 0 Å². The predicted molar refractivity (Wildman–Crippen MR) is 313 cm³/mol. The first-order chi connectivity index (χ1) is 36.3. The van der Waals surface area contributed by atoms with Crippen molar-refractivity contribution < 1.29 is 39.8 Å². The Kier molecular flexibility index (Phi) is 50.4. The highest BCUT2D eigenvalue weighted by Crippen LogP contribution is 2.23. The predicted octanol–water partition coefficient (Wildman–Crippen LogP) is 15.8. The minimum Gasteiger partial charge on any atom is -0.394 e. The summed E-state index contributed by atoms with van der Waals surface area (Å²) in [5.74, 6) is -0.178. The first-order valence-corrected chi connectivity index (χ1v) is 30.8. The van der Waals surface area contributed by atoms with E-state index in [2.05, 4.69) is 92.1 Å². The van der Waals surface area contributed by atoms with E-state index >= 15 is 0 Å². The summed E-state index contributed by atoms with van der Waals surface area (Å²) in [7, 11) is 0. The van der Waals surface area contributed by atoms with E-state index in [1.165, 1.54) is 167 Å². The zero-order valence-corrected chi connectivity index (χ0v) is 47.6. The van der Waals surface area contributed by atoms with Gasteiger partial charge in [-0.1, -0.05) is 272 Å². The van der Waals surface area contributed by atoms with Crippen LogP contribution in [0.5, 0.6) is 0 Å². The smallest absolute Gasteiger partial charge is 0.220 e. The number of carbonyl (C=O) groups excluding carboxylic acids is 1. The molecule has 1 amide bonds. The van der Waals surface area contributed by atoms with Crippen molar-refractivity contribution in [2.45, 2.75) is 307 Å². The van der Waals surface area contributed by atoms with Gasteiger partial charge in [0.25, 0.3) is 0 Å². The average molecular weight is 1040 g/mol. The summed E-state index contributed by atoms with van der Waals surface area (Å²) in [5, 5.41) is 54.6. The van der Waals surface area contributed by atoms with Crippen molar-refractivity contribution in [3.8, 4) is 0 Å². The Morgan fingerprint density at radius 3 is 1.24 bits per heavy atom. The number of hydrogen-bond acceptors (Lipinski definition) is 8. The van der Waals surface area contributed by atoms with Gasteiger partial charge in [-0.2, -0.15) is 0 Å². The van der Waals surface area contributed by atoms with E-state index in [4.69, 9.17) is 9.47 Å². The monoisotopic (exact) mass is 1040 g/mol. The molecule has 1 aliphatic heterocycles. The number of rotatable bonds is 52. The molecular weight excluding hydrogens is 923 g/mol. The summed E-state index contributed by atoms with van der Waals surface area (Å²) < 4.78 is 11.3. The van der Waals surface area contributed by atoms with E-state index in [1.807, 2.05) is 6.08 Å². The summed E-state index contributed by atoms with van der Waals surface area (Å²) in [6.45, 7) is 3.68. The molecule has 0 spiro atoms. The van der Waals surface area contributed by atoms with Crippen LogP contribution in [0.3, 0.4) is 0 Å². The van der Waals surface area contributed by atoms with E-state index in [1.54, 1.807) is 6.08 Å². The lowest BCUT2D eigenvalue weighted by atomic mass is 9.99. The van der Waals surface area contributed by atoms with Crippen molar-refractivity contribution in [1.82, 2.24) is 5.32 Å². The van der Waals surface area contributed by atoms with Gasteiger partial charge in [-0.3, -0.25) is 4.79 Å². The molecular formula is C65H115NO8. The third-order valence-electron chi connectivity index (χ3n) is 14.2. The van der Waals surface area contributed by atoms with Crippen LogP contribution in [0.1, 0.15) is 264 Å². The molecule has 1 heterocycles. The Morgan fingerprint density at radius 2 is 0.838 bits per heavy atom. The second-order valence-electron chi connectivity index (χ2n) is 21.1. The molecule has 7 atom stereocenters. The molecule has 6 N–H and O–H groups in total. The maximum absolute atomic E-state index is 13.1. The van der Waals surface area contributed by atoms with E-state index in [-0.39, 0.29) is 12.5 Å². The Balaban J connectivity index is 2.16. The summed E-state index contributed by atoms with van der Waals surface area (Å²) in [4.78, 5) is 13.1. The van der Waals surface area contributed by atoms with Crippen LogP contribution in [0.15, 0.2) is 85.1 Å². The minimum atomic E-state index is -1.57. The minimum absolute atomic E-state index is 0.178. The fourth-order valence-corrected chi connectivity index (χ4v) is 9.40. The molecule has 428 valence electrons. The van der Waals surface area contributed by atoms with Crippen molar-refractivity contribution in [3.05, 3.63) is 85.1 Å². The molecule has 1 rings (SSSR count). The molecule has 1 fully saturated rings. The number of unbranched alkanes of at least 4 members (excludes halogenated alkanes) is 30. The Morgan fingerprint density at radius 1 is 0.473 bits per heavy atom. The molecule has 9 heteroatoms. The van der Waals surface area contributed by atoms with Gasteiger partial charge in [0, 0.05) is 6.42 Å². The molecule has 0 aromatic heterocycles. The van der Waals surface area contributed by atoms with Crippen LogP contribution in [-0.2, 0) is 14.3 Å². The van der Waals surface area contributed by atoms with Gasteiger partial charge in [0.1, 0.15) is 24.4 Å². The third kappa shape index (κ3) is 42.5. The second kappa shape index (κ2) is 53.8. The number of amides is 1. The Hall–Kier alpha value is -2.63. The lowest BCUT2D eigenvalue weighted by molar-refractivity contribution is -0.302. The van der Waals surface area contributed by atoms with Crippen molar-refractivity contribution in [2.24, 2.45) is 0 Å². The van der Waals surface area contributed by atoms with Gasteiger partial charge in [0.2, 0.25) is 5.91 Å². The number of carbonyl (C=O) groups is 1. The van der Waals surface area contributed by atoms with Crippen LogP contribution >= 0.6 is 0 Å². The maximum Gasteiger partial charge on any atom is 0.220 e. The van der Waals surface area contributed by atoms with Gasteiger partial charge in [0.05, 0.1) is 25.4 Å². The fourth-order valence-electron chi connectivity index (χ4n) is 9.40. The zero-order chi connectivity index (χ0) is 53.6. The van der Waals surface area contributed by atoms with Crippen LogP contribution in [-0.4, -0.2) is 87.5 Å². The molecule has 1 saturated heterocycles. The average Bonchev–Trinajstić information content (AvgIpc) is 3.40. The summed E-state index contributed by atoms with van der Waals surface area (Å²) in [5.41, 5.74) is 0. The number of nitrogens with one attached hydrogen (secondary N) is 1. The zero-order valence-electron chi connectivity index (χ0n) is 47.6. The normalized spacial score (nSPS) is 19.6. The summed E-state index contributed by atoms with van der Waals surface area (Å²) in [6, 6.07) is -0.809. The van der Waals surface area contributed by atoms with Crippen molar-refractivity contribution in [2.75, 3.05) is 13.2 Å². The molecule has 0 aliphatic carbocycles. The molecule has 74 heavy (non-hydrogen) atoms. The molecule has 7 unspecified atom stereocenters. The molecule has 0 bridgehead atoms. The molecule has 1 aliphatic rings. The van der Waals surface area contributed by atoms with E-state index in [0.717, 1.165) is 77.0 Å². The van der Waals surface area contributed by atoms with Gasteiger partial charge >= 0.3 is 0 Å². The highest BCUT2D eigenvalue weighted by molar-refractivity contribution is 5.76. The Labute approximate surface area is 454 Å². The fraction of sp³-hybridized carbons (Fsp3) is 0.769. The lowest BCUT2D eigenvalue weighted by Crippen LogP contribution is -2.60. The quantitative estimate of drug-likeness (QED) is 0.0261. The van der Waals surface area contributed by atoms with Gasteiger partial charge < -0.3 is 40.3 Å². The number of aliphatic hydroxyl groups excluding tert-OH is 5. The topological polar surface area (TPSA) is 149 Å². The van der Waals surface area contributed by atoms with E-state index in [9.17, 15) is 30.3 Å². The first-order valence-electron chi connectivity index (χ1n) is 30.8. The van der Waals surface area contributed by atoms with Crippen LogP contribution in [0.25, 0.3) is 0 Å². The van der Waals surface area contributed by atoms with Gasteiger partial charge in [-0.15, -0.1) is 0 Å². The highest BCUT2D eigenvalue weighted by Gasteiger charge is 2.44. The van der Waals surface area contributed by atoms with Gasteiger partial charge in [0.15, 0.2) is 6.29 Å². The van der Waals surface area contributed by atoms with E-state index in [0.29, 0.717) is 6.42 Å². The first kappa shape index (κ1) is 69.4. The maximum atomic E-state index is 13.1. The number of aliphatic hydroxyl groups is 5. The highest BCUT2D eigenvalue weighted by atomic mass is 16.7. The van der Waals surface area contributed by atoms with Gasteiger partial charge in [-0.05, 0) is 70.6 Å². The van der Waals surface area contributed by atoms with Crippen LogP contribution in [0.4, 0.5) is 0 Å². The summed E-state index contributed by atoms with van der Waals surface area (Å²) in [6.07, 6.45) is 69.4. The van der Waals surface area contributed by atoms with E-state index < -0.39 is 49.5 Å². The van der Waals surface area contributed by atoms with Gasteiger partial charge in [-0.25, -0.2) is 0 Å². The van der Waals surface area contributed by atoms with Crippen molar-refractivity contribution >= 4 is 5.91 Å². The number of allylic oxidation sites excluding steroid dienone is 13. The van der Waals surface area contributed by atoms with Crippen molar-refractivity contribution in [1.29, 1.82) is 0 Å². The lowest BCUT2D eigenvalue weighted by Gasteiger charge is -2.40. The third-order valence-corrected chi connectivity index (χ3v) is 14.2. The van der Waals surface area contributed by atoms with Crippen LogP contribution < -0.4 is 5.32 Å². The molecule has 0 saturated carbocycles. The molecule has 0 aromatic carbocycles. The molecule has 9 nitrogen and oxygen atoms in total. The largest absolute Gasteiger partial charge is 0.394 e. The Bertz CT molecular complexity index is 1440. The number of ether oxygens (including phenoxy) is 2. The van der Waals surface area contributed by atoms with Crippen LogP contribution in [0, 0.1) is 0 Å². The van der Waals surface area contributed by atoms with Crippen LogP contribution in [0.2, 0.25) is 0 Å². The summed E-state index contributed by atoms with van der Waals surface area (Å²) >= 11 is 0. The molecule has 0 aromatic rings. The number of hydrogen-bond donors (Lipinski definition) is 6. The standard InChI is InChI=1S/C65H115NO8/c1-3-5-7-9-11-13-15-17-19-21-23-24-25-26-27-28-29-30-31-32-33-34-35-36-37-39-41-43-45-47-49-51-53-55-61(69)66-58(57-73-65-64(72)63(71)62(70)60(56-67)74-65)59(68)54-52-50-48-46-44-42-40-38-22-20-18-16-14-12-10-8-6-4-2/h5,7,11,13,17,19,23-24,26-27,29-30,52,54,58-60,62-65,67-68,70-72H,3-4,6,8-10,12,14-16,18,20-22,25,28,31-51,53,55-57H2,1-2H3,(H,66,69)/b7-5-,13-11-,19-17-,24-23-,27-26-,30-29-,54-52+. The molecule has 0 radical (unpaired) electrons.